The van der Waals surface area contributed by atoms with E-state index in [4.69, 9.17) is 0 Å². The smallest absolute Gasteiger partial charge is 0.254 e. The summed E-state index contributed by atoms with van der Waals surface area (Å²) in [6.45, 7) is 8.27. The van der Waals surface area contributed by atoms with Gasteiger partial charge in [-0.2, -0.15) is 0 Å². The van der Waals surface area contributed by atoms with Gasteiger partial charge in [0, 0.05) is 19.0 Å². The summed E-state index contributed by atoms with van der Waals surface area (Å²) in [6, 6.07) is 5.30. The van der Waals surface area contributed by atoms with Crippen molar-refractivity contribution in [3.05, 3.63) is 29.3 Å². The molecule has 0 fully saturated rings. The highest BCUT2D eigenvalue weighted by atomic mass is 16.2. The van der Waals surface area contributed by atoms with E-state index in [1.807, 2.05) is 25.1 Å². The van der Waals surface area contributed by atoms with Gasteiger partial charge in [-0.05, 0) is 18.4 Å². The van der Waals surface area contributed by atoms with Crippen LogP contribution < -0.4 is 10.2 Å². The second-order valence-electron chi connectivity index (χ2n) is 5.49. The summed E-state index contributed by atoms with van der Waals surface area (Å²) in [5.41, 5.74) is 2.93. The Labute approximate surface area is 113 Å². The largest absolute Gasteiger partial charge is 0.341 e. The Balaban J connectivity index is 2.45. The van der Waals surface area contributed by atoms with Gasteiger partial charge in [-0.15, -0.1) is 0 Å². The van der Waals surface area contributed by atoms with Crippen LogP contribution in [-0.2, 0) is 9.59 Å². The molecule has 1 aromatic carbocycles. The highest BCUT2D eigenvalue weighted by Crippen LogP contribution is 2.38. The topological polar surface area (TPSA) is 49.4 Å². The van der Waals surface area contributed by atoms with Crippen molar-refractivity contribution in [1.82, 2.24) is 5.32 Å². The van der Waals surface area contributed by atoms with E-state index in [0.29, 0.717) is 12.5 Å². The van der Waals surface area contributed by atoms with Gasteiger partial charge >= 0.3 is 0 Å². The maximum Gasteiger partial charge on any atom is 0.254 e. The van der Waals surface area contributed by atoms with E-state index >= 15 is 0 Å². The second-order valence-corrected chi connectivity index (χ2v) is 5.49. The van der Waals surface area contributed by atoms with Crippen LogP contribution in [0.2, 0.25) is 0 Å². The fourth-order valence-corrected chi connectivity index (χ4v) is 2.57. The number of nitrogens with one attached hydrogen (secondary N) is 1. The normalized spacial score (nSPS) is 17.8. The lowest BCUT2D eigenvalue weighted by molar-refractivity contribution is -0.126. The Bertz CT molecular complexity index is 523. The zero-order valence-electron chi connectivity index (χ0n) is 11.9. The number of nitrogens with zero attached hydrogens (tertiary/aromatic N) is 1. The summed E-state index contributed by atoms with van der Waals surface area (Å²) in [4.78, 5) is 25.6. The first-order chi connectivity index (χ1) is 8.91. The first kappa shape index (κ1) is 13.6. The molecule has 0 unspecified atom stereocenters. The molecular formula is C15H20N2O2. The molecule has 0 saturated heterocycles. The Kier molecular flexibility index (Phi) is 3.60. The van der Waals surface area contributed by atoms with E-state index in [2.05, 4.69) is 19.2 Å². The van der Waals surface area contributed by atoms with Gasteiger partial charge in [-0.1, -0.05) is 32.0 Å². The molecule has 0 bridgehead atoms. The number of rotatable bonds is 3. The fraction of sp³-hybridized carbons (Fsp3) is 0.467. The molecule has 1 aliphatic rings. The molecule has 102 valence electrons. The predicted molar refractivity (Wildman–Crippen MR) is 74.9 cm³/mol. The van der Waals surface area contributed by atoms with Crippen LogP contribution in [0.15, 0.2) is 18.2 Å². The monoisotopic (exact) mass is 260 g/mol. The van der Waals surface area contributed by atoms with E-state index in [1.165, 1.54) is 6.92 Å². The third kappa shape index (κ3) is 2.48. The van der Waals surface area contributed by atoms with Crippen LogP contribution in [0.4, 0.5) is 5.69 Å². The molecule has 1 aromatic rings. The van der Waals surface area contributed by atoms with E-state index < -0.39 is 6.04 Å². The summed E-state index contributed by atoms with van der Waals surface area (Å²) in [7, 11) is 0. The molecule has 4 nitrogen and oxygen atoms in total. The molecule has 0 aromatic heterocycles. The number of para-hydroxylation sites is 1. The zero-order valence-corrected chi connectivity index (χ0v) is 11.9. The molecular weight excluding hydrogens is 240 g/mol. The molecule has 19 heavy (non-hydrogen) atoms. The molecule has 0 aliphatic carbocycles. The first-order valence-electron chi connectivity index (χ1n) is 6.59. The van der Waals surface area contributed by atoms with Crippen LogP contribution in [-0.4, -0.2) is 18.4 Å². The van der Waals surface area contributed by atoms with Gasteiger partial charge in [0.15, 0.2) is 0 Å². The summed E-state index contributed by atoms with van der Waals surface area (Å²) >= 11 is 0. The second kappa shape index (κ2) is 5.03. The highest BCUT2D eigenvalue weighted by Gasteiger charge is 2.38. The van der Waals surface area contributed by atoms with E-state index in [1.54, 1.807) is 4.90 Å². The lowest BCUT2D eigenvalue weighted by atomic mass is 10.0. The third-order valence-corrected chi connectivity index (χ3v) is 3.26. The van der Waals surface area contributed by atoms with Gasteiger partial charge in [-0.3, -0.25) is 9.59 Å². The SMILES string of the molecule is CC(=O)N[C@@H]1C(=O)N(CC(C)C)c2c(C)cccc21. The molecule has 0 spiro atoms. The predicted octanol–water partition coefficient (Wildman–Crippen LogP) is 2.17. The number of amides is 2. The highest BCUT2D eigenvalue weighted by molar-refractivity contribution is 6.06. The first-order valence-corrected chi connectivity index (χ1v) is 6.59. The lowest BCUT2D eigenvalue weighted by Gasteiger charge is -2.21. The number of hydrogen-bond acceptors (Lipinski definition) is 2. The number of aryl methyl sites for hydroxylation is 1. The van der Waals surface area contributed by atoms with Crippen molar-refractivity contribution in [2.24, 2.45) is 5.92 Å². The van der Waals surface area contributed by atoms with Crippen molar-refractivity contribution >= 4 is 17.5 Å². The Hall–Kier alpha value is -1.84. The van der Waals surface area contributed by atoms with Gasteiger partial charge in [0.25, 0.3) is 5.91 Å². The van der Waals surface area contributed by atoms with Crippen LogP contribution >= 0.6 is 0 Å². The van der Waals surface area contributed by atoms with Crippen LogP contribution in [0.5, 0.6) is 0 Å². The van der Waals surface area contributed by atoms with Crippen LogP contribution in [0.1, 0.15) is 37.9 Å². The number of carbonyl (C=O) groups is 2. The minimum Gasteiger partial charge on any atom is -0.341 e. The summed E-state index contributed by atoms with van der Waals surface area (Å²) in [5, 5.41) is 2.75. The van der Waals surface area contributed by atoms with E-state index in [-0.39, 0.29) is 11.8 Å². The average Bonchev–Trinajstić information content (AvgIpc) is 2.55. The molecule has 2 rings (SSSR count). The molecule has 1 heterocycles. The number of carbonyl (C=O) groups excluding carboxylic acids is 2. The maximum absolute atomic E-state index is 12.5. The lowest BCUT2D eigenvalue weighted by Crippen LogP contribution is -2.38. The van der Waals surface area contributed by atoms with Crippen LogP contribution in [0, 0.1) is 12.8 Å². The number of fused-ring (bicyclic) bond motifs is 1. The Morgan fingerprint density at radius 3 is 2.68 bits per heavy atom. The Morgan fingerprint density at radius 2 is 2.11 bits per heavy atom. The molecule has 1 N–H and O–H groups in total. The van der Waals surface area contributed by atoms with Crippen LogP contribution in [0.3, 0.4) is 0 Å². The number of anilines is 1. The third-order valence-electron chi connectivity index (χ3n) is 3.26. The van der Waals surface area contributed by atoms with Gasteiger partial charge in [0.05, 0.1) is 5.69 Å². The van der Waals surface area contributed by atoms with Gasteiger partial charge in [0.1, 0.15) is 6.04 Å². The number of hydrogen-bond donors (Lipinski definition) is 1. The maximum atomic E-state index is 12.5. The van der Waals surface area contributed by atoms with Gasteiger partial charge in [0.2, 0.25) is 5.91 Å². The zero-order chi connectivity index (χ0) is 14.2. The molecule has 2 amide bonds. The van der Waals surface area contributed by atoms with Crippen LogP contribution in [0.25, 0.3) is 0 Å². The van der Waals surface area contributed by atoms with Crippen molar-refractivity contribution in [1.29, 1.82) is 0 Å². The van der Waals surface area contributed by atoms with Crippen molar-refractivity contribution < 1.29 is 9.59 Å². The minimum absolute atomic E-state index is 0.0341. The molecule has 1 atom stereocenters. The minimum atomic E-state index is -0.536. The summed E-state index contributed by atoms with van der Waals surface area (Å²) in [6.07, 6.45) is 0. The summed E-state index contributed by atoms with van der Waals surface area (Å²) in [5.74, 6) is 0.165. The Morgan fingerprint density at radius 1 is 1.42 bits per heavy atom. The molecule has 0 radical (unpaired) electrons. The standard InChI is InChI=1S/C15H20N2O2/c1-9(2)8-17-14-10(3)6-5-7-12(14)13(15(17)19)16-11(4)18/h5-7,9,13H,8H2,1-4H3,(H,16,18)/t13-/m0/s1. The van der Waals surface area contributed by atoms with E-state index in [9.17, 15) is 9.59 Å². The van der Waals surface area contributed by atoms with Gasteiger partial charge < -0.3 is 10.2 Å². The van der Waals surface area contributed by atoms with Crippen molar-refractivity contribution in [2.45, 2.75) is 33.7 Å². The van der Waals surface area contributed by atoms with E-state index in [0.717, 1.165) is 16.8 Å². The van der Waals surface area contributed by atoms with Crippen molar-refractivity contribution in [2.75, 3.05) is 11.4 Å². The van der Waals surface area contributed by atoms with Crippen molar-refractivity contribution in [3.63, 3.8) is 0 Å². The van der Waals surface area contributed by atoms with Gasteiger partial charge in [-0.25, -0.2) is 0 Å². The summed E-state index contributed by atoms with van der Waals surface area (Å²) < 4.78 is 0. The average molecular weight is 260 g/mol. The molecule has 4 heteroatoms. The molecule has 1 aliphatic heterocycles. The number of benzene rings is 1. The fourth-order valence-electron chi connectivity index (χ4n) is 2.57. The molecule has 0 saturated carbocycles. The quantitative estimate of drug-likeness (QED) is 0.905. The van der Waals surface area contributed by atoms with Crippen molar-refractivity contribution in [3.8, 4) is 0 Å².